The third kappa shape index (κ3) is 32.1. The summed E-state index contributed by atoms with van der Waals surface area (Å²) in [6, 6.07) is 2.39. The van der Waals surface area contributed by atoms with Crippen LogP contribution in [0.15, 0.2) is 79.0 Å². The summed E-state index contributed by atoms with van der Waals surface area (Å²) in [7, 11) is 0. The molecule has 0 spiro atoms. The highest BCUT2D eigenvalue weighted by Crippen LogP contribution is 2.35. The molecule has 33 nitrogen and oxygen atoms in total. The molecule has 3 heterocycles. The van der Waals surface area contributed by atoms with E-state index in [4.69, 9.17) is 11.5 Å². The molecule has 2 fully saturated rings. The van der Waals surface area contributed by atoms with Crippen molar-refractivity contribution in [2.24, 2.45) is 22.8 Å². The smallest absolute Gasteiger partial charge is 0.303 e. The molecule has 2 aliphatic carbocycles. The molecular formula is C90H133N15O18S2. The Bertz CT molecular complexity index is 4240. The lowest BCUT2D eigenvalue weighted by molar-refractivity contribution is -0.139. The number of hydrogen-bond acceptors (Lipinski definition) is 21. The van der Waals surface area contributed by atoms with Gasteiger partial charge in [0, 0.05) is 73.9 Å². The Morgan fingerprint density at radius 2 is 0.992 bits per heavy atom. The number of nitrogens with one attached hydrogen (secondary N) is 12. The predicted molar refractivity (Wildman–Crippen MR) is 477 cm³/mol. The van der Waals surface area contributed by atoms with Crippen molar-refractivity contribution in [2.75, 3.05) is 29.5 Å². The molecule has 13 atom stereocenters. The number of aliphatic hydroxyl groups excluding tert-OH is 2. The maximum atomic E-state index is 15.6. The number of carbonyl (C=O) groups excluding carboxylic acids is 12. The fourth-order valence-corrected chi connectivity index (χ4v) is 18.4. The number of carbonyl (C=O) groups is 13. The number of anilines is 1. The van der Waals surface area contributed by atoms with Gasteiger partial charge in [0.2, 0.25) is 70.9 Å². The first kappa shape index (κ1) is 100. The van der Waals surface area contributed by atoms with Crippen molar-refractivity contribution in [3.63, 3.8) is 0 Å². The lowest BCUT2D eigenvalue weighted by Gasteiger charge is -2.37. The van der Waals surface area contributed by atoms with Crippen LogP contribution in [0.4, 0.5) is 5.82 Å². The van der Waals surface area contributed by atoms with Gasteiger partial charge in [-0.1, -0.05) is 147 Å². The zero-order valence-corrected chi connectivity index (χ0v) is 74.6. The van der Waals surface area contributed by atoms with Crippen molar-refractivity contribution in [1.82, 2.24) is 63.5 Å². The number of nitrogens with two attached hydrogens (primary N) is 2. The highest BCUT2D eigenvalue weighted by molar-refractivity contribution is 7.98. The number of fused-ring (bicyclic) bond motifs is 3. The van der Waals surface area contributed by atoms with Crippen molar-refractivity contribution < 1.29 is 87.9 Å². The summed E-state index contributed by atoms with van der Waals surface area (Å²) >= 11 is 2.71. The van der Waals surface area contributed by atoms with E-state index in [2.05, 4.69) is 68.4 Å². The van der Waals surface area contributed by atoms with Gasteiger partial charge < -0.3 is 105 Å². The van der Waals surface area contributed by atoms with Crippen LogP contribution in [0.3, 0.4) is 0 Å². The Labute approximate surface area is 740 Å². The van der Waals surface area contributed by atoms with Crippen LogP contribution >= 0.6 is 23.5 Å². The molecule has 8 rings (SSSR count). The van der Waals surface area contributed by atoms with Gasteiger partial charge in [-0.2, -0.15) is 23.5 Å². The average molecular weight is 1780 g/mol. The summed E-state index contributed by atoms with van der Waals surface area (Å²) in [6.45, 7) is 10.4. The molecule has 4 aliphatic rings. The monoisotopic (exact) mass is 1780 g/mol. The summed E-state index contributed by atoms with van der Waals surface area (Å²) in [5.74, 6) is -11.0. The zero-order chi connectivity index (χ0) is 90.9. The van der Waals surface area contributed by atoms with E-state index in [1.807, 2.05) is 24.3 Å². The van der Waals surface area contributed by atoms with Crippen LogP contribution in [0.25, 0.3) is 0 Å². The topological polar surface area (TPSA) is 526 Å². The van der Waals surface area contributed by atoms with Crippen LogP contribution < -0.4 is 74.9 Å². The molecule has 3 aromatic carbocycles. The molecule has 0 unspecified atom stereocenters. The van der Waals surface area contributed by atoms with Crippen molar-refractivity contribution in [2.45, 2.75) is 311 Å². The van der Waals surface area contributed by atoms with Gasteiger partial charge in [0.25, 0.3) is 0 Å². The van der Waals surface area contributed by atoms with Crippen LogP contribution in [0.5, 0.6) is 11.5 Å². The van der Waals surface area contributed by atoms with Crippen LogP contribution in [0, 0.1) is 11.3 Å². The second kappa shape index (κ2) is 50.4. The Balaban J connectivity index is 1.17. The lowest BCUT2D eigenvalue weighted by Crippen LogP contribution is -2.63. The van der Waals surface area contributed by atoms with Crippen LogP contribution in [0.2, 0.25) is 0 Å². The van der Waals surface area contributed by atoms with Crippen LogP contribution in [-0.4, -0.2) is 217 Å². The maximum absolute atomic E-state index is 15.6. The standard InChI is InChI=1S/C90H133N15O18S2/c1-7-22-65-80(114)96-67(39-40-73(111)112)81(115)97-69(47-56-33-37-63(109)38-34-56)85(119)104-76(59-25-14-13-15-26-59)88(122)103-75(54(3)107)87(121)100-71(78(92)113)52-125-51-58-24-20-23-57(45-58)50-124-44-41-72(110)101-77(90(4,5)6)89(123)99-68(46-55-31-35-62(108)36-32-55)83(117)95-66(30-18-19-42-91)82(116)102-74(53(2)106)86(120)98-70(84(118)94-65)48-60-49-93-79-64(60)29-21-43-105(79)61-27-16-11-9-8-10-12-17-28-61/h20,23-24,31-38,45,49,53-54,59,61,65-71,74-77,93,106-109H,7-19,21-22,25-30,39-44,46-48,50-52,91H2,1-6H3,(H2,92,113)(H,94,118)(H,95,117)(H,96,114)(H,97,115)(H,98,120)(H,99,123)(H,100,121)(H,101,110)(H,102,116)(H,103,122)(H,104,119)(H,111,112)/t53-,54-,65+,66+,67+,68+,69+,70+,71+,74+,75+,76+,77-/m1/s1. The number of primary amides is 1. The normalized spacial score (nSPS) is 25.1. The summed E-state index contributed by atoms with van der Waals surface area (Å²) in [6.07, 6.45) is 11.2. The SMILES string of the molecule is CCC[C@@H]1NC(=O)[C@H](Cc2c[nH]c3c2CCCN3C2CCCCCCCCC2)NC(=O)[C@H]([C@@H](C)O)NC(=O)[C@H](CCCCN)NC(=O)[C@H](Cc2ccc(O)cc2)NC(=O)[C@H](C(C)(C)C)NC(=O)CCSCc2cccc(c2)CSC[C@@H](C(N)=O)NC(=O)[C@H]([C@@H](C)O)NC(=O)[C@H](C2CCCCC2)NC(=O)[C@H](Cc2ccc(O)cc2)NC(=O)[C@H](CCC(=O)O)NC1=O. The van der Waals surface area contributed by atoms with E-state index in [1.165, 1.54) is 80.2 Å². The minimum absolute atomic E-state index is 0.0244. The van der Waals surface area contributed by atoms with Gasteiger partial charge in [0.05, 0.1) is 12.2 Å². The fraction of sp³-hybridized carbons (Fsp3) is 0.611. The quantitative estimate of drug-likeness (QED) is 0.0534. The number of phenolic OH excluding ortho intramolecular Hbond substituents is 2. The number of aromatic nitrogens is 1. The third-order valence-corrected chi connectivity index (χ3v) is 25.7. The second-order valence-corrected chi connectivity index (χ2v) is 36.9. The van der Waals surface area contributed by atoms with Crippen molar-refractivity contribution in [3.8, 4) is 11.5 Å². The average Bonchev–Trinajstić information content (AvgIpc) is 1.63. The number of hydrogen-bond donors (Lipinski definition) is 19. The number of aliphatic hydroxyl groups is 2. The van der Waals surface area contributed by atoms with Gasteiger partial charge in [-0.3, -0.25) is 62.3 Å². The van der Waals surface area contributed by atoms with Gasteiger partial charge in [-0.05, 0) is 160 Å². The second-order valence-electron chi connectivity index (χ2n) is 34.8. The number of rotatable bonds is 20. The minimum atomic E-state index is -1.84. The number of amides is 12. The maximum Gasteiger partial charge on any atom is 0.303 e. The van der Waals surface area contributed by atoms with Crippen LogP contribution in [-0.2, 0) is 99.5 Å². The van der Waals surface area contributed by atoms with E-state index < -0.39 is 180 Å². The Kier molecular flexibility index (Phi) is 40.5. The highest BCUT2D eigenvalue weighted by atomic mass is 32.2. The molecule has 2 aliphatic heterocycles. The van der Waals surface area contributed by atoms with E-state index in [0.717, 1.165) is 93.3 Å². The molecule has 21 N–H and O–H groups in total. The lowest BCUT2D eigenvalue weighted by atomic mass is 9.83. The molecule has 35 heteroatoms. The number of thioether (sulfide) groups is 2. The Morgan fingerprint density at radius 3 is 1.54 bits per heavy atom. The number of phenols is 2. The zero-order valence-electron chi connectivity index (χ0n) is 73.0. The Morgan fingerprint density at radius 1 is 0.520 bits per heavy atom. The van der Waals surface area contributed by atoms with E-state index in [0.29, 0.717) is 72.5 Å². The fourth-order valence-electron chi connectivity index (χ4n) is 16.5. The number of aromatic hydroxyl groups is 2. The molecule has 2 saturated carbocycles. The summed E-state index contributed by atoms with van der Waals surface area (Å²) in [5, 5.41) is 83.6. The molecule has 0 radical (unpaired) electrons. The number of carboxylic acid groups (broad SMARTS) is 1. The molecular weight excluding hydrogens is 1640 g/mol. The van der Waals surface area contributed by atoms with Gasteiger partial charge in [0.15, 0.2) is 0 Å². The number of H-pyrrole nitrogens is 1. The molecule has 12 amide bonds. The minimum Gasteiger partial charge on any atom is -0.508 e. The van der Waals surface area contributed by atoms with Gasteiger partial charge >= 0.3 is 5.97 Å². The molecule has 688 valence electrons. The summed E-state index contributed by atoms with van der Waals surface area (Å²) in [5.41, 5.74) is 15.0. The van der Waals surface area contributed by atoms with Crippen molar-refractivity contribution in [1.29, 1.82) is 0 Å². The van der Waals surface area contributed by atoms with E-state index >= 15 is 33.6 Å². The summed E-state index contributed by atoms with van der Waals surface area (Å²) in [4.78, 5) is 196. The number of unbranched alkanes of at least 4 members (excludes halogenated alkanes) is 1. The third-order valence-electron chi connectivity index (χ3n) is 23.5. The van der Waals surface area contributed by atoms with E-state index in [-0.39, 0.29) is 81.2 Å². The van der Waals surface area contributed by atoms with E-state index in [9.17, 15) is 54.3 Å². The first-order chi connectivity index (χ1) is 59.7. The number of aliphatic carboxylic acids is 1. The molecule has 125 heavy (non-hydrogen) atoms. The van der Waals surface area contributed by atoms with Crippen molar-refractivity contribution >= 4 is 106 Å². The van der Waals surface area contributed by atoms with Gasteiger partial charge in [0.1, 0.15) is 83.8 Å². The molecule has 1 aromatic heterocycles. The Hall–Kier alpha value is -9.97. The number of benzene rings is 3. The van der Waals surface area contributed by atoms with Gasteiger partial charge in [-0.15, -0.1) is 0 Å². The number of carboxylic acids is 1. The molecule has 4 aromatic rings. The van der Waals surface area contributed by atoms with Crippen molar-refractivity contribution in [3.05, 3.63) is 112 Å². The first-order valence-corrected chi connectivity index (χ1v) is 46.7. The highest BCUT2D eigenvalue weighted by Gasteiger charge is 2.42. The number of nitrogens with zero attached hydrogens (tertiary/aromatic N) is 1. The number of aromatic amines is 1. The largest absolute Gasteiger partial charge is 0.508 e. The van der Waals surface area contributed by atoms with E-state index in [1.54, 1.807) is 46.0 Å². The van der Waals surface area contributed by atoms with Crippen LogP contribution in [0.1, 0.15) is 223 Å². The first-order valence-electron chi connectivity index (χ1n) is 44.4. The molecule has 0 saturated heterocycles. The summed E-state index contributed by atoms with van der Waals surface area (Å²) < 4.78 is 0. The molecule has 2 bridgehead atoms. The van der Waals surface area contributed by atoms with Gasteiger partial charge in [-0.25, -0.2) is 0 Å². The predicted octanol–water partition coefficient (Wildman–Crippen LogP) is 4.67.